The van der Waals surface area contributed by atoms with Crippen molar-refractivity contribution in [1.82, 2.24) is 0 Å². The Labute approximate surface area is 324 Å². The molecule has 0 aromatic heterocycles. The van der Waals surface area contributed by atoms with E-state index in [2.05, 4.69) is 37.4 Å². The van der Waals surface area contributed by atoms with E-state index in [1.807, 2.05) is 98.3 Å². The maximum atomic E-state index is 12.1. The van der Waals surface area contributed by atoms with Crippen molar-refractivity contribution in [2.45, 2.75) is 61.9 Å². The summed E-state index contributed by atoms with van der Waals surface area (Å²) >= 11 is 11.8. The van der Waals surface area contributed by atoms with Gasteiger partial charge in [0.2, 0.25) is 0 Å². The number of esters is 2. The third-order valence-corrected chi connectivity index (χ3v) is 16.6. The molecule has 0 amide bonds. The van der Waals surface area contributed by atoms with Gasteiger partial charge in [0.15, 0.2) is 0 Å². The summed E-state index contributed by atoms with van der Waals surface area (Å²) in [6, 6.07) is 8.55. The van der Waals surface area contributed by atoms with E-state index in [0.717, 1.165) is 69.2 Å². The first kappa shape index (κ1) is 41.3. The Morgan fingerprint density at radius 3 is 1.34 bits per heavy atom. The highest BCUT2D eigenvalue weighted by molar-refractivity contribution is 8.20. The first-order valence-corrected chi connectivity index (χ1v) is 23.4. The van der Waals surface area contributed by atoms with Crippen molar-refractivity contribution in [3.63, 3.8) is 0 Å². The first-order valence-electron chi connectivity index (χ1n) is 16.9. The minimum absolute atomic E-state index is 0.283. The minimum Gasteiger partial charge on any atom is -0.489 e. The fraction of sp³-hybridized carbons (Fsp3) is 0.526. The van der Waals surface area contributed by atoms with E-state index in [-0.39, 0.29) is 25.4 Å². The molecule has 0 saturated carbocycles. The first-order chi connectivity index (χ1) is 24.2. The molecule has 2 aliphatic heterocycles. The van der Waals surface area contributed by atoms with Crippen molar-refractivity contribution in [2.24, 2.45) is 0 Å². The quantitative estimate of drug-likeness (QED) is 0.0687. The summed E-state index contributed by atoms with van der Waals surface area (Å²) < 4.78 is 25.3. The third-order valence-electron chi connectivity index (χ3n) is 7.97. The molecule has 2 unspecified atom stereocenters. The van der Waals surface area contributed by atoms with Crippen LogP contribution >= 0.6 is 70.6 Å². The van der Waals surface area contributed by atoms with Crippen molar-refractivity contribution in [3.05, 3.63) is 71.8 Å². The maximum Gasteiger partial charge on any atom is 0.330 e. The smallest absolute Gasteiger partial charge is 0.330 e. The largest absolute Gasteiger partial charge is 0.489 e. The maximum absolute atomic E-state index is 12.1. The fourth-order valence-corrected chi connectivity index (χ4v) is 13.9. The molecule has 6 nitrogen and oxygen atoms in total. The summed E-state index contributed by atoms with van der Waals surface area (Å²) in [6.45, 7) is 15.9. The van der Waals surface area contributed by atoms with Crippen LogP contribution in [-0.2, 0) is 19.1 Å². The van der Waals surface area contributed by atoms with E-state index in [4.69, 9.17) is 18.9 Å². The molecular weight excluding hydrogens is 745 g/mol. The second-order valence-electron chi connectivity index (χ2n) is 12.1. The van der Waals surface area contributed by atoms with Gasteiger partial charge in [0.05, 0.1) is 9.16 Å². The highest BCUT2D eigenvalue weighted by Crippen LogP contribution is 2.37. The van der Waals surface area contributed by atoms with E-state index in [1.165, 1.54) is 35.2 Å². The Hall–Kier alpha value is -1.44. The number of hydrogen-bond acceptors (Lipinski definition) is 12. The molecule has 2 saturated heterocycles. The Balaban J connectivity index is 1.35. The van der Waals surface area contributed by atoms with Crippen molar-refractivity contribution >= 4 is 82.5 Å². The van der Waals surface area contributed by atoms with Gasteiger partial charge in [-0.3, -0.25) is 0 Å². The Bertz CT molecular complexity index is 1290. The van der Waals surface area contributed by atoms with Crippen LogP contribution in [-0.4, -0.2) is 92.5 Å². The van der Waals surface area contributed by atoms with Crippen LogP contribution in [0.15, 0.2) is 49.6 Å². The lowest BCUT2D eigenvalue weighted by atomic mass is 9.96. The predicted molar refractivity (Wildman–Crippen MR) is 223 cm³/mol. The van der Waals surface area contributed by atoms with Crippen molar-refractivity contribution in [1.29, 1.82) is 0 Å². The zero-order valence-corrected chi connectivity index (χ0v) is 34.5. The number of rotatable bonds is 21. The normalized spacial score (nSPS) is 16.2. The molecule has 0 bridgehead atoms. The van der Waals surface area contributed by atoms with Crippen LogP contribution in [0.4, 0.5) is 0 Å². The molecule has 274 valence electrons. The number of hydrogen-bond donors (Lipinski definition) is 0. The molecular formula is C38H50O6S6. The highest BCUT2D eigenvalue weighted by atomic mass is 32.2. The summed E-state index contributed by atoms with van der Waals surface area (Å²) in [6.07, 6.45) is 4.00. The van der Waals surface area contributed by atoms with Gasteiger partial charge < -0.3 is 18.9 Å². The average Bonchev–Trinajstić information content (AvgIpc) is 3.82. The molecule has 12 heteroatoms. The summed E-state index contributed by atoms with van der Waals surface area (Å²) in [5, 5.41) is 0. The lowest BCUT2D eigenvalue weighted by molar-refractivity contribution is -0.144. The number of thioether (sulfide) groups is 6. The van der Waals surface area contributed by atoms with Gasteiger partial charge in [-0.15, -0.1) is 47.0 Å². The molecule has 2 aromatic rings. The van der Waals surface area contributed by atoms with E-state index < -0.39 is 11.9 Å². The Morgan fingerprint density at radius 2 is 1.02 bits per heavy atom. The Morgan fingerprint density at radius 1 is 0.680 bits per heavy atom. The number of aryl methyl sites for hydroxylation is 4. The van der Waals surface area contributed by atoms with Gasteiger partial charge in [0, 0.05) is 46.7 Å². The van der Waals surface area contributed by atoms with Crippen molar-refractivity contribution in [2.75, 3.05) is 59.2 Å². The van der Waals surface area contributed by atoms with Crippen LogP contribution in [0.3, 0.4) is 0 Å². The van der Waals surface area contributed by atoms with Gasteiger partial charge in [-0.2, -0.15) is 23.5 Å². The predicted octanol–water partition coefficient (Wildman–Crippen LogP) is 9.40. The topological polar surface area (TPSA) is 71.1 Å². The van der Waals surface area contributed by atoms with Crippen LogP contribution in [0, 0.1) is 27.7 Å². The van der Waals surface area contributed by atoms with Gasteiger partial charge in [0.25, 0.3) is 0 Å². The van der Waals surface area contributed by atoms with E-state index in [9.17, 15) is 9.59 Å². The van der Waals surface area contributed by atoms with E-state index in [0.29, 0.717) is 20.7 Å². The number of ether oxygens (including phenoxy) is 4. The molecule has 0 N–H and O–H groups in total. The molecule has 4 rings (SSSR count). The van der Waals surface area contributed by atoms with Gasteiger partial charge >= 0.3 is 11.9 Å². The van der Waals surface area contributed by atoms with Gasteiger partial charge in [-0.05, 0) is 110 Å². The lowest BCUT2D eigenvalue weighted by Gasteiger charge is -2.21. The van der Waals surface area contributed by atoms with Gasteiger partial charge in [-0.1, -0.05) is 13.2 Å². The monoisotopic (exact) mass is 794 g/mol. The standard InChI is InChI=1S/C38H50O6S6/c1-7-33(39)43-31(23-45-11-9-35-47-13-14-48-35)21-41-37-25(3)17-29(18-26(37)4)30-19-27(5)38(28(6)20-30)42-22-32(44-34(40)8-2)24-46-12-10-36-49-15-16-50-36/h7-8,17-20,31-32,35-36H,1-2,9-16,21-24H2,3-6H3. The summed E-state index contributed by atoms with van der Waals surface area (Å²) in [5.41, 5.74) is 6.24. The molecule has 2 atom stereocenters. The minimum atomic E-state index is -0.427. The summed E-state index contributed by atoms with van der Waals surface area (Å²) in [4.78, 5) is 24.1. The van der Waals surface area contributed by atoms with Crippen LogP contribution in [0.2, 0.25) is 0 Å². The zero-order chi connectivity index (χ0) is 35.9. The molecule has 2 aliphatic rings. The van der Waals surface area contributed by atoms with Crippen molar-refractivity contribution in [3.8, 4) is 22.6 Å². The number of benzene rings is 2. The van der Waals surface area contributed by atoms with E-state index >= 15 is 0 Å². The lowest BCUT2D eigenvalue weighted by Crippen LogP contribution is -2.27. The summed E-state index contributed by atoms with van der Waals surface area (Å²) in [7, 11) is 0. The van der Waals surface area contributed by atoms with E-state index in [1.54, 1.807) is 0 Å². The van der Waals surface area contributed by atoms with Crippen LogP contribution < -0.4 is 9.47 Å². The van der Waals surface area contributed by atoms with Gasteiger partial charge in [-0.25, -0.2) is 9.59 Å². The molecule has 0 radical (unpaired) electrons. The number of carbonyl (C=O) groups is 2. The highest BCUT2D eigenvalue weighted by Gasteiger charge is 2.21. The molecule has 2 heterocycles. The molecule has 0 aliphatic carbocycles. The molecule has 2 aromatic carbocycles. The third kappa shape index (κ3) is 13.5. The summed E-state index contributed by atoms with van der Waals surface area (Å²) in [5.74, 6) is 9.13. The molecule has 50 heavy (non-hydrogen) atoms. The zero-order valence-electron chi connectivity index (χ0n) is 29.6. The van der Waals surface area contributed by atoms with Crippen molar-refractivity contribution < 1.29 is 28.5 Å². The average molecular weight is 795 g/mol. The second-order valence-corrected chi connectivity index (χ2v) is 20.2. The second kappa shape index (κ2) is 21.9. The molecule has 2 fully saturated rings. The fourth-order valence-electron chi connectivity index (χ4n) is 5.64. The van der Waals surface area contributed by atoms with Crippen LogP contribution in [0.1, 0.15) is 35.1 Å². The SMILES string of the molecule is C=CC(=O)OC(COc1c(C)cc(-c2cc(C)c(OCC(CSCCC3SCCS3)OC(=O)C=C)c(C)c2)cc1C)CSCCC1SCCS1. The number of carbonyl (C=O) groups excluding carboxylic acids is 2. The Kier molecular flexibility index (Phi) is 18.1. The molecule has 0 spiro atoms. The van der Waals surface area contributed by atoms with Gasteiger partial charge in [0.1, 0.15) is 36.9 Å². The van der Waals surface area contributed by atoms with Crippen LogP contribution in [0.5, 0.6) is 11.5 Å². The van der Waals surface area contributed by atoms with Crippen LogP contribution in [0.25, 0.3) is 11.1 Å².